The van der Waals surface area contributed by atoms with E-state index in [0.29, 0.717) is 19.6 Å². The minimum atomic E-state index is -0.513. The lowest BCUT2D eigenvalue weighted by atomic mass is 9.94. The van der Waals surface area contributed by atoms with E-state index >= 15 is 0 Å². The molecule has 2 rings (SSSR count). The van der Waals surface area contributed by atoms with Crippen LogP contribution in [0.25, 0.3) is 0 Å². The van der Waals surface area contributed by atoms with Gasteiger partial charge in [0.05, 0.1) is 19.4 Å². The van der Waals surface area contributed by atoms with Gasteiger partial charge >= 0.3 is 0 Å². The van der Waals surface area contributed by atoms with Crippen LogP contribution in [-0.4, -0.2) is 34.7 Å². The van der Waals surface area contributed by atoms with E-state index in [4.69, 9.17) is 4.42 Å². The van der Waals surface area contributed by atoms with Crippen LogP contribution in [0.4, 0.5) is 0 Å². The fourth-order valence-electron chi connectivity index (χ4n) is 2.89. The van der Waals surface area contributed by atoms with E-state index in [1.807, 2.05) is 70.2 Å². The standard InChI is InChI=1S/C22H30N2O3/c1-5-13-23(21(26)22(2,3)4)17-20(25)24(16-19-12-9-14-27-19)15-18-10-7-6-8-11-18/h6-12,14H,5,13,15-17H2,1-4H3. The lowest BCUT2D eigenvalue weighted by Crippen LogP contribution is -2.46. The molecule has 0 N–H and O–H groups in total. The predicted octanol–water partition coefficient (Wildman–Crippen LogP) is 4.09. The second-order valence-electron chi connectivity index (χ2n) is 7.79. The number of hydrogen-bond acceptors (Lipinski definition) is 3. The van der Waals surface area contributed by atoms with Crippen LogP contribution in [0.3, 0.4) is 0 Å². The molecular formula is C22H30N2O3. The molecule has 0 fully saturated rings. The van der Waals surface area contributed by atoms with Crippen LogP contribution in [0, 0.1) is 5.41 Å². The minimum absolute atomic E-state index is 0.00430. The van der Waals surface area contributed by atoms with Crippen LogP contribution in [0.5, 0.6) is 0 Å². The van der Waals surface area contributed by atoms with Crippen LogP contribution in [-0.2, 0) is 22.7 Å². The van der Waals surface area contributed by atoms with Gasteiger partial charge in [0.15, 0.2) is 0 Å². The van der Waals surface area contributed by atoms with Gasteiger partial charge in [-0.1, -0.05) is 58.0 Å². The minimum Gasteiger partial charge on any atom is -0.467 e. The smallest absolute Gasteiger partial charge is 0.242 e. The highest BCUT2D eigenvalue weighted by Gasteiger charge is 2.29. The Morgan fingerprint density at radius 1 is 0.963 bits per heavy atom. The molecule has 0 unspecified atom stereocenters. The Bertz CT molecular complexity index is 718. The number of carbonyl (C=O) groups is 2. The lowest BCUT2D eigenvalue weighted by Gasteiger charge is -2.31. The summed E-state index contributed by atoms with van der Waals surface area (Å²) in [7, 11) is 0. The molecule has 0 aliphatic rings. The molecule has 146 valence electrons. The molecule has 0 atom stereocenters. The largest absolute Gasteiger partial charge is 0.467 e. The maximum atomic E-state index is 13.1. The summed E-state index contributed by atoms with van der Waals surface area (Å²) >= 11 is 0. The lowest BCUT2D eigenvalue weighted by molar-refractivity contribution is -0.146. The van der Waals surface area contributed by atoms with Crippen LogP contribution in [0.15, 0.2) is 53.1 Å². The second-order valence-corrected chi connectivity index (χ2v) is 7.79. The van der Waals surface area contributed by atoms with E-state index < -0.39 is 5.41 Å². The number of carbonyl (C=O) groups excluding carboxylic acids is 2. The molecule has 5 heteroatoms. The highest BCUT2D eigenvalue weighted by Crippen LogP contribution is 2.18. The fraction of sp³-hybridized carbons (Fsp3) is 0.455. The third kappa shape index (κ3) is 6.27. The first-order valence-corrected chi connectivity index (χ1v) is 9.44. The second kappa shape index (κ2) is 9.40. The normalized spacial score (nSPS) is 11.3. The molecule has 0 bridgehead atoms. The Kier molecular flexibility index (Phi) is 7.22. The number of nitrogens with zero attached hydrogens (tertiary/aromatic N) is 2. The molecule has 27 heavy (non-hydrogen) atoms. The van der Waals surface area contributed by atoms with Crippen molar-refractivity contribution in [2.24, 2.45) is 5.41 Å². The molecule has 0 saturated heterocycles. The Hall–Kier alpha value is -2.56. The van der Waals surface area contributed by atoms with Crippen molar-refractivity contribution >= 4 is 11.8 Å². The molecule has 0 radical (unpaired) electrons. The van der Waals surface area contributed by atoms with Crippen LogP contribution < -0.4 is 0 Å². The van der Waals surface area contributed by atoms with Gasteiger partial charge in [-0.05, 0) is 24.1 Å². The van der Waals surface area contributed by atoms with Crippen LogP contribution in [0.2, 0.25) is 0 Å². The number of rotatable bonds is 8. The predicted molar refractivity (Wildman–Crippen MR) is 106 cm³/mol. The van der Waals surface area contributed by atoms with E-state index in [0.717, 1.165) is 17.7 Å². The summed E-state index contributed by atoms with van der Waals surface area (Å²) < 4.78 is 5.43. The van der Waals surface area contributed by atoms with Crippen molar-refractivity contribution < 1.29 is 14.0 Å². The molecule has 0 saturated carbocycles. The number of benzene rings is 1. The quantitative estimate of drug-likeness (QED) is 0.703. The van der Waals surface area contributed by atoms with E-state index in [1.54, 1.807) is 16.1 Å². The van der Waals surface area contributed by atoms with Gasteiger partial charge in [0.1, 0.15) is 5.76 Å². The van der Waals surface area contributed by atoms with Crippen molar-refractivity contribution in [3.63, 3.8) is 0 Å². The summed E-state index contributed by atoms with van der Waals surface area (Å²) in [6.45, 7) is 9.17. The molecule has 0 spiro atoms. The molecule has 5 nitrogen and oxygen atoms in total. The van der Waals surface area contributed by atoms with Crippen molar-refractivity contribution in [3.8, 4) is 0 Å². The van der Waals surface area contributed by atoms with Crippen molar-refractivity contribution in [2.45, 2.75) is 47.2 Å². The number of amides is 2. The molecule has 0 aliphatic carbocycles. The highest BCUT2D eigenvalue weighted by atomic mass is 16.3. The average molecular weight is 370 g/mol. The summed E-state index contributed by atoms with van der Waals surface area (Å²) in [5.74, 6) is 0.639. The monoisotopic (exact) mass is 370 g/mol. The third-order valence-electron chi connectivity index (χ3n) is 4.24. The Morgan fingerprint density at radius 3 is 2.22 bits per heavy atom. The Balaban J connectivity index is 2.16. The molecule has 2 aromatic rings. The summed E-state index contributed by atoms with van der Waals surface area (Å²) in [5.41, 5.74) is 0.530. The maximum absolute atomic E-state index is 13.1. The first-order chi connectivity index (χ1) is 12.8. The van der Waals surface area contributed by atoms with E-state index in [9.17, 15) is 9.59 Å². The van der Waals surface area contributed by atoms with Crippen molar-refractivity contribution in [1.29, 1.82) is 0 Å². The third-order valence-corrected chi connectivity index (χ3v) is 4.24. The van der Waals surface area contributed by atoms with Gasteiger partial charge in [-0.2, -0.15) is 0 Å². The van der Waals surface area contributed by atoms with Crippen molar-refractivity contribution in [3.05, 3.63) is 60.1 Å². The summed E-state index contributed by atoms with van der Waals surface area (Å²) in [6.07, 6.45) is 2.42. The van der Waals surface area contributed by atoms with Gasteiger partial charge in [0.2, 0.25) is 11.8 Å². The topological polar surface area (TPSA) is 53.8 Å². The van der Waals surface area contributed by atoms with Gasteiger partial charge in [0, 0.05) is 18.5 Å². The molecule has 1 aromatic carbocycles. The Labute approximate surface area is 162 Å². The van der Waals surface area contributed by atoms with E-state index in [1.165, 1.54) is 0 Å². The summed E-state index contributed by atoms with van der Waals surface area (Å²) in [6, 6.07) is 13.5. The first kappa shape index (κ1) is 20.7. The van der Waals surface area contributed by atoms with Crippen LogP contribution in [0.1, 0.15) is 45.4 Å². The van der Waals surface area contributed by atoms with Gasteiger partial charge in [-0.25, -0.2) is 0 Å². The SMILES string of the molecule is CCCN(CC(=O)N(Cc1ccccc1)Cc1ccco1)C(=O)C(C)(C)C. The zero-order chi connectivity index (χ0) is 19.9. The van der Waals surface area contributed by atoms with Gasteiger partial charge in [-0.15, -0.1) is 0 Å². The fourth-order valence-corrected chi connectivity index (χ4v) is 2.89. The zero-order valence-electron chi connectivity index (χ0n) is 16.8. The van der Waals surface area contributed by atoms with Gasteiger partial charge in [0.25, 0.3) is 0 Å². The average Bonchev–Trinajstić information content (AvgIpc) is 3.13. The van der Waals surface area contributed by atoms with E-state index in [-0.39, 0.29) is 18.4 Å². The van der Waals surface area contributed by atoms with Crippen LogP contribution >= 0.6 is 0 Å². The molecule has 0 aliphatic heterocycles. The maximum Gasteiger partial charge on any atom is 0.242 e. The molecule has 2 amide bonds. The number of hydrogen-bond donors (Lipinski definition) is 0. The molecule has 1 heterocycles. The summed E-state index contributed by atoms with van der Waals surface area (Å²) in [5, 5.41) is 0. The molecule has 1 aromatic heterocycles. The van der Waals surface area contributed by atoms with Crippen molar-refractivity contribution in [1.82, 2.24) is 9.80 Å². The Morgan fingerprint density at radius 2 is 1.67 bits per heavy atom. The highest BCUT2D eigenvalue weighted by molar-refractivity contribution is 5.87. The first-order valence-electron chi connectivity index (χ1n) is 9.44. The summed E-state index contributed by atoms with van der Waals surface area (Å²) in [4.78, 5) is 29.2. The van der Waals surface area contributed by atoms with Gasteiger partial charge < -0.3 is 14.2 Å². The van der Waals surface area contributed by atoms with E-state index in [2.05, 4.69) is 0 Å². The molecular weight excluding hydrogens is 340 g/mol. The number of furan rings is 1. The zero-order valence-corrected chi connectivity index (χ0v) is 16.8. The van der Waals surface area contributed by atoms with Crippen molar-refractivity contribution in [2.75, 3.05) is 13.1 Å². The van der Waals surface area contributed by atoms with Gasteiger partial charge in [-0.3, -0.25) is 9.59 Å².